The summed E-state index contributed by atoms with van der Waals surface area (Å²) < 4.78 is 41.4. The van der Waals surface area contributed by atoms with E-state index in [1.807, 2.05) is 5.01 Å². The molecule has 0 saturated heterocycles. The van der Waals surface area contributed by atoms with Crippen molar-refractivity contribution in [3.8, 4) is 5.75 Å². The number of hydrazine groups is 1. The number of carboxylic acid groups (broad SMARTS) is 1. The zero-order valence-electron chi connectivity index (χ0n) is 22.1. The number of amides is 2. The van der Waals surface area contributed by atoms with Gasteiger partial charge in [-0.05, 0) is 73.1 Å². The first-order valence-electron chi connectivity index (χ1n) is 13.6. The number of fused-ring (bicyclic) bond motifs is 1. The molecule has 216 valence electrons. The molecule has 0 radical (unpaired) electrons. The van der Waals surface area contributed by atoms with Gasteiger partial charge in [0.15, 0.2) is 0 Å². The molecule has 0 spiro atoms. The maximum Gasteiger partial charge on any atom is 0.573 e. The molecule has 2 saturated carbocycles. The van der Waals surface area contributed by atoms with Gasteiger partial charge < -0.3 is 15.2 Å². The third-order valence-corrected chi connectivity index (χ3v) is 7.74. The SMILES string of the molecule is O=C(O)CCNC(=O)c1ccc(CN(NC(=O)c2ccc(OC(F)(F)F)cc2)C2CCC3CCCCC3C2)cc1. The number of carbonyl (C=O) groups excluding carboxylic acids is 2. The van der Waals surface area contributed by atoms with E-state index in [0.29, 0.717) is 23.9 Å². The number of alkyl halides is 3. The quantitative estimate of drug-likeness (QED) is 0.340. The van der Waals surface area contributed by atoms with Crippen molar-refractivity contribution >= 4 is 17.8 Å². The van der Waals surface area contributed by atoms with E-state index in [1.165, 1.54) is 37.8 Å². The summed E-state index contributed by atoms with van der Waals surface area (Å²) in [5, 5.41) is 13.2. The van der Waals surface area contributed by atoms with Crippen LogP contribution in [0.15, 0.2) is 48.5 Å². The monoisotopic (exact) mass is 561 g/mol. The predicted molar refractivity (Wildman–Crippen MR) is 140 cm³/mol. The van der Waals surface area contributed by atoms with Gasteiger partial charge >= 0.3 is 12.3 Å². The van der Waals surface area contributed by atoms with Crippen LogP contribution in [-0.2, 0) is 11.3 Å². The number of halogens is 3. The number of carbonyl (C=O) groups is 3. The molecule has 2 fully saturated rings. The molecule has 0 aliphatic heterocycles. The number of nitrogens with one attached hydrogen (secondary N) is 2. The lowest BCUT2D eigenvalue weighted by molar-refractivity contribution is -0.274. The molecule has 2 aliphatic carbocycles. The van der Waals surface area contributed by atoms with Crippen LogP contribution in [0.2, 0.25) is 0 Å². The lowest BCUT2D eigenvalue weighted by Crippen LogP contribution is -2.50. The van der Waals surface area contributed by atoms with E-state index in [0.717, 1.165) is 37.0 Å². The van der Waals surface area contributed by atoms with Crippen molar-refractivity contribution < 1.29 is 37.4 Å². The van der Waals surface area contributed by atoms with Crippen molar-refractivity contribution in [2.75, 3.05) is 6.54 Å². The van der Waals surface area contributed by atoms with E-state index < -0.39 is 24.0 Å². The highest BCUT2D eigenvalue weighted by molar-refractivity contribution is 5.94. The van der Waals surface area contributed by atoms with Gasteiger partial charge in [-0.2, -0.15) is 0 Å². The highest BCUT2D eigenvalue weighted by Crippen LogP contribution is 2.41. The summed E-state index contributed by atoms with van der Waals surface area (Å²) in [4.78, 5) is 36.1. The van der Waals surface area contributed by atoms with Crippen molar-refractivity contribution in [1.82, 2.24) is 15.8 Å². The topological polar surface area (TPSA) is 108 Å². The minimum atomic E-state index is -4.81. The molecule has 3 N–H and O–H groups in total. The highest BCUT2D eigenvalue weighted by Gasteiger charge is 2.35. The summed E-state index contributed by atoms with van der Waals surface area (Å²) in [6.45, 7) is 0.410. The van der Waals surface area contributed by atoms with Crippen molar-refractivity contribution in [2.45, 2.75) is 70.3 Å². The number of hydrogen-bond donors (Lipinski definition) is 3. The minimum Gasteiger partial charge on any atom is -0.481 e. The van der Waals surface area contributed by atoms with E-state index in [2.05, 4.69) is 15.5 Å². The maximum absolute atomic E-state index is 13.1. The summed E-state index contributed by atoms with van der Waals surface area (Å²) in [5.41, 5.74) is 4.45. The Hall–Kier alpha value is -3.60. The van der Waals surface area contributed by atoms with Crippen molar-refractivity contribution in [3.05, 3.63) is 65.2 Å². The van der Waals surface area contributed by atoms with Crippen LogP contribution < -0.4 is 15.5 Å². The number of carboxylic acids is 1. The highest BCUT2D eigenvalue weighted by atomic mass is 19.4. The van der Waals surface area contributed by atoms with Crippen LogP contribution in [0, 0.1) is 11.8 Å². The maximum atomic E-state index is 13.1. The molecule has 3 atom stereocenters. The predicted octanol–water partition coefficient (Wildman–Crippen LogP) is 5.30. The Bertz CT molecular complexity index is 1170. The molecule has 2 aliphatic rings. The first-order chi connectivity index (χ1) is 19.1. The fourth-order valence-electron chi connectivity index (χ4n) is 5.74. The van der Waals surface area contributed by atoms with Gasteiger partial charge in [-0.15, -0.1) is 13.2 Å². The Morgan fingerprint density at radius 2 is 1.50 bits per heavy atom. The first-order valence-corrected chi connectivity index (χ1v) is 13.6. The Kier molecular flexibility index (Phi) is 9.67. The van der Waals surface area contributed by atoms with Crippen LogP contribution in [0.4, 0.5) is 13.2 Å². The van der Waals surface area contributed by atoms with Gasteiger partial charge in [0.1, 0.15) is 5.75 Å². The normalized spacial score (nSPS) is 20.9. The molecule has 0 aromatic heterocycles. The van der Waals surface area contributed by atoms with Crippen LogP contribution in [0.25, 0.3) is 0 Å². The number of aliphatic carboxylic acids is 1. The lowest BCUT2D eigenvalue weighted by atomic mass is 9.69. The van der Waals surface area contributed by atoms with Gasteiger partial charge in [0.05, 0.1) is 6.42 Å². The third-order valence-electron chi connectivity index (χ3n) is 7.74. The summed E-state index contributed by atoms with van der Waals surface area (Å²) in [6, 6.07) is 11.8. The number of nitrogens with zero attached hydrogens (tertiary/aromatic N) is 1. The number of hydrogen-bond acceptors (Lipinski definition) is 5. The molecule has 2 aromatic carbocycles. The van der Waals surface area contributed by atoms with E-state index in [4.69, 9.17) is 5.11 Å². The van der Waals surface area contributed by atoms with Crippen LogP contribution in [0.3, 0.4) is 0 Å². The van der Waals surface area contributed by atoms with Crippen LogP contribution in [-0.4, -0.2) is 46.8 Å². The van der Waals surface area contributed by atoms with Crippen LogP contribution in [0.5, 0.6) is 5.75 Å². The summed E-state index contributed by atoms with van der Waals surface area (Å²) >= 11 is 0. The first kappa shape index (κ1) is 29.4. The Labute approximate surface area is 230 Å². The summed E-state index contributed by atoms with van der Waals surface area (Å²) in [6.07, 6.45) is 2.87. The smallest absolute Gasteiger partial charge is 0.481 e. The van der Waals surface area contributed by atoms with Gasteiger partial charge in [-0.25, -0.2) is 5.01 Å². The zero-order valence-corrected chi connectivity index (χ0v) is 22.1. The molecule has 2 amide bonds. The molecular formula is C29H34F3N3O5. The van der Waals surface area contributed by atoms with Crippen molar-refractivity contribution in [3.63, 3.8) is 0 Å². The molecule has 3 unspecified atom stereocenters. The van der Waals surface area contributed by atoms with Crippen LogP contribution >= 0.6 is 0 Å². The lowest BCUT2D eigenvalue weighted by Gasteiger charge is -2.43. The van der Waals surface area contributed by atoms with Gasteiger partial charge in [-0.1, -0.05) is 37.8 Å². The molecule has 2 aromatic rings. The second kappa shape index (κ2) is 13.2. The fraction of sp³-hybridized carbons (Fsp3) is 0.483. The summed E-state index contributed by atoms with van der Waals surface area (Å²) in [5.74, 6) is -0.884. The molecule has 0 heterocycles. The zero-order chi connectivity index (χ0) is 28.7. The average Bonchev–Trinajstić information content (AvgIpc) is 2.92. The van der Waals surface area contributed by atoms with E-state index in [1.54, 1.807) is 24.3 Å². The molecule has 8 nitrogen and oxygen atoms in total. The van der Waals surface area contributed by atoms with Crippen molar-refractivity contribution in [1.29, 1.82) is 0 Å². The molecule has 11 heteroatoms. The van der Waals surface area contributed by atoms with E-state index in [9.17, 15) is 27.6 Å². The second-order valence-corrected chi connectivity index (χ2v) is 10.5. The average molecular weight is 562 g/mol. The number of rotatable bonds is 10. The standard InChI is InChI=1S/C29H34F3N3O5/c30-29(31,32)40-25-13-10-22(11-14-25)28(39)34-35(24-12-9-20-3-1-2-4-23(20)17-24)18-19-5-7-21(8-6-19)27(38)33-16-15-26(36)37/h5-8,10-11,13-14,20,23-24H,1-4,9,12,15-18H2,(H,33,38)(H,34,39)(H,36,37). The van der Waals surface area contributed by atoms with Crippen molar-refractivity contribution in [2.24, 2.45) is 11.8 Å². The van der Waals surface area contributed by atoms with E-state index >= 15 is 0 Å². The van der Waals surface area contributed by atoms with Gasteiger partial charge in [0, 0.05) is 30.3 Å². The Balaban J connectivity index is 1.45. The Morgan fingerprint density at radius 3 is 2.15 bits per heavy atom. The Morgan fingerprint density at radius 1 is 0.875 bits per heavy atom. The third kappa shape index (κ3) is 8.45. The second-order valence-electron chi connectivity index (χ2n) is 10.5. The molecule has 40 heavy (non-hydrogen) atoms. The fourth-order valence-corrected chi connectivity index (χ4v) is 5.74. The van der Waals surface area contributed by atoms with Gasteiger partial charge in [-0.3, -0.25) is 19.8 Å². The number of benzene rings is 2. The molecule has 4 rings (SSSR count). The summed E-state index contributed by atoms with van der Waals surface area (Å²) in [7, 11) is 0. The number of ether oxygens (including phenoxy) is 1. The van der Waals surface area contributed by atoms with E-state index in [-0.39, 0.29) is 30.5 Å². The minimum absolute atomic E-state index is 0.0306. The van der Waals surface area contributed by atoms with Gasteiger partial charge in [0.25, 0.3) is 11.8 Å². The molecular weight excluding hydrogens is 527 g/mol. The largest absolute Gasteiger partial charge is 0.573 e. The van der Waals surface area contributed by atoms with Gasteiger partial charge in [0.2, 0.25) is 0 Å². The molecule has 0 bridgehead atoms. The van der Waals surface area contributed by atoms with Crippen LogP contribution in [0.1, 0.15) is 77.6 Å².